The zero-order valence-electron chi connectivity index (χ0n) is 10.9. The monoisotopic (exact) mass is 286 g/mol. The van der Waals surface area contributed by atoms with Gasteiger partial charge >= 0.3 is 0 Å². The maximum Gasteiger partial charge on any atom is 0.242 e. The van der Waals surface area contributed by atoms with Crippen LogP contribution < -0.4 is 10.5 Å². The van der Waals surface area contributed by atoms with Crippen LogP contribution in [0.25, 0.3) is 0 Å². The van der Waals surface area contributed by atoms with Crippen molar-refractivity contribution in [2.24, 2.45) is 5.41 Å². The molecule has 2 rings (SSSR count). The zero-order chi connectivity index (χ0) is 14.1. The van der Waals surface area contributed by atoms with E-state index in [9.17, 15) is 12.8 Å². The molecule has 106 valence electrons. The molecule has 1 aliphatic rings. The number of nitrogens with two attached hydrogens (primary N) is 1. The second kappa shape index (κ2) is 5.09. The predicted octanol–water partition coefficient (Wildman–Crippen LogP) is 2.27. The molecule has 0 aliphatic heterocycles. The van der Waals surface area contributed by atoms with Crippen LogP contribution in [0.2, 0.25) is 0 Å². The Labute approximate surface area is 113 Å². The standard InChI is InChI=1S/C13H19FN2O2S/c1-2-13(6-3-7-13)9-16-19(17,18)12-8-10(14)4-5-11(12)15/h4-5,8,16H,2-3,6-7,9,15H2,1H3. The van der Waals surface area contributed by atoms with Gasteiger partial charge < -0.3 is 5.73 Å². The zero-order valence-corrected chi connectivity index (χ0v) is 11.8. The first kappa shape index (κ1) is 14.3. The van der Waals surface area contributed by atoms with E-state index < -0.39 is 15.8 Å². The first-order valence-corrected chi connectivity index (χ1v) is 7.92. The number of hydrogen-bond donors (Lipinski definition) is 2. The van der Waals surface area contributed by atoms with E-state index in [1.807, 2.05) is 0 Å². The van der Waals surface area contributed by atoms with Crippen molar-refractivity contribution in [1.29, 1.82) is 0 Å². The topological polar surface area (TPSA) is 72.2 Å². The van der Waals surface area contributed by atoms with E-state index in [1.54, 1.807) is 0 Å². The van der Waals surface area contributed by atoms with Gasteiger partial charge in [0.15, 0.2) is 0 Å². The van der Waals surface area contributed by atoms with E-state index >= 15 is 0 Å². The van der Waals surface area contributed by atoms with Crippen LogP contribution in [-0.2, 0) is 10.0 Å². The molecule has 1 aromatic carbocycles. The molecule has 4 nitrogen and oxygen atoms in total. The molecule has 3 N–H and O–H groups in total. The molecule has 0 radical (unpaired) electrons. The van der Waals surface area contributed by atoms with Crippen LogP contribution in [0.3, 0.4) is 0 Å². The van der Waals surface area contributed by atoms with Crippen molar-refractivity contribution >= 4 is 15.7 Å². The molecular weight excluding hydrogens is 267 g/mol. The molecule has 1 aliphatic carbocycles. The van der Waals surface area contributed by atoms with Crippen LogP contribution in [0, 0.1) is 11.2 Å². The highest BCUT2D eigenvalue weighted by atomic mass is 32.2. The van der Waals surface area contributed by atoms with E-state index in [0.717, 1.165) is 37.8 Å². The number of anilines is 1. The number of nitrogen functional groups attached to an aromatic ring is 1. The van der Waals surface area contributed by atoms with E-state index in [4.69, 9.17) is 5.73 Å². The van der Waals surface area contributed by atoms with Gasteiger partial charge in [-0.05, 0) is 42.9 Å². The number of rotatable bonds is 5. The fourth-order valence-electron chi connectivity index (χ4n) is 2.40. The molecule has 0 saturated heterocycles. The van der Waals surface area contributed by atoms with E-state index in [-0.39, 0.29) is 16.0 Å². The number of sulfonamides is 1. The second-order valence-electron chi connectivity index (χ2n) is 5.21. The molecule has 0 amide bonds. The third-order valence-corrected chi connectivity index (χ3v) is 5.52. The Balaban J connectivity index is 2.16. The highest BCUT2D eigenvalue weighted by Gasteiger charge is 2.36. The molecular formula is C13H19FN2O2S. The van der Waals surface area contributed by atoms with E-state index in [2.05, 4.69) is 11.6 Å². The van der Waals surface area contributed by atoms with Crippen LogP contribution >= 0.6 is 0 Å². The smallest absolute Gasteiger partial charge is 0.242 e. The van der Waals surface area contributed by atoms with Crippen molar-refractivity contribution in [2.45, 2.75) is 37.5 Å². The lowest BCUT2D eigenvalue weighted by molar-refractivity contribution is 0.133. The minimum Gasteiger partial charge on any atom is -0.398 e. The minimum atomic E-state index is -3.75. The average molecular weight is 286 g/mol. The van der Waals surface area contributed by atoms with Gasteiger partial charge in [-0.15, -0.1) is 0 Å². The number of nitrogens with one attached hydrogen (secondary N) is 1. The van der Waals surface area contributed by atoms with Crippen molar-refractivity contribution in [2.75, 3.05) is 12.3 Å². The highest BCUT2D eigenvalue weighted by molar-refractivity contribution is 7.89. The number of halogens is 1. The van der Waals surface area contributed by atoms with Crippen molar-refractivity contribution in [3.05, 3.63) is 24.0 Å². The Kier molecular flexibility index (Phi) is 3.82. The Morgan fingerprint density at radius 2 is 2.11 bits per heavy atom. The molecule has 0 atom stereocenters. The SMILES string of the molecule is CCC1(CNS(=O)(=O)c2cc(F)ccc2N)CCC1. The Morgan fingerprint density at radius 3 is 2.63 bits per heavy atom. The van der Waals surface area contributed by atoms with Gasteiger partial charge in [0.05, 0.1) is 5.69 Å². The van der Waals surface area contributed by atoms with Gasteiger partial charge in [0.2, 0.25) is 10.0 Å². The van der Waals surface area contributed by atoms with Crippen LogP contribution in [-0.4, -0.2) is 15.0 Å². The Hall–Kier alpha value is -1.14. The third kappa shape index (κ3) is 2.90. The van der Waals surface area contributed by atoms with Gasteiger partial charge in [0.1, 0.15) is 10.7 Å². The van der Waals surface area contributed by atoms with Gasteiger partial charge in [-0.1, -0.05) is 13.3 Å². The second-order valence-corrected chi connectivity index (χ2v) is 6.95. The summed E-state index contributed by atoms with van der Waals surface area (Å²) in [6.45, 7) is 2.45. The maximum absolute atomic E-state index is 13.1. The minimum absolute atomic E-state index is 0.0630. The van der Waals surface area contributed by atoms with Gasteiger partial charge in [-0.2, -0.15) is 0 Å². The number of benzene rings is 1. The highest BCUT2D eigenvalue weighted by Crippen LogP contribution is 2.43. The van der Waals surface area contributed by atoms with Crippen LogP contribution in [0.4, 0.5) is 10.1 Å². The molecule has 1 saturated carbocycles. The number of hydrogen-bond acceptors (Lipinski definition) is 3. The summed E-state index contributed by atoms with van der Waals surface area (Å²) in [5.41, 5.74) is 5.74. The predicted molar refractivity (Wildman–Crippen MR) is 72.6 cm³/mol. The molecule has 19 heavy (non-hydrogen) atoms. The summed E-state index contributed by atoms with van der Waals surface area (Å²) in [4.78, 5) is -0.182. The van der Waals surface area contributed by atoms with Gasteiger partial charge in [0, 0.05) is 6.54 Å². The van der Waals surface area contributed by atoms with E-state index in [1.165, 1.54) is 6.07 Å². The fourth-order valence-corrected chi connectivity index (χ4v) is 3.70. The molecule has 0 bridgehead atoms. The summed E-state index contributed by atoms with van der Waals surface area (Å²) in [7, 11) is -3.75. The average Bonchev–Trinajstić information content (AvgIpc) is 2.31. The molecule has 0 heterocycles. The summed E-state index contributed by atoms with van der Waals surface area (Å²) in [5, 5.41) is 0. The summed E-state index contributed by atoms with van der Waals surface area (Å²) in [6, 6.07) is 3.37. The van der Waals surface area contributed by atoms with Crippen LogP contribution in [0.15, 0.2) is 23.1 Å². The van der Waals surface area contributed by atoms with Crippen molar-refractivity contribution in [3.8, 4) is 0 Å². The Morgan fingerprint density at radius 1 is 1.42 bits per heavy atom. The summed E-state index contributed by atoms with van der Waals surface area (Å²) >= 11 is 0. The van der Waals surface area contributed by atoms with Gasteiger partial charge in [-0.25, -0.2) is 17.5 Å². The van der Waals surface area contributed by atoms with Crippen LogP contribution in [0.1, 0.15) is 32.6 Å². The van der Waals surface area contributed by atoms with Gasteiger partial charge in [-0.3, -0.25) is 0 Å². The first-order chi connectivity index (χ1) is 8.88. The first-order valence-electron chi connectivity index (χ1n) is 6.43. The molecule has 1 aromatic rings. The third-order valence-electron chi connectivity index (χ3n) is 4.07. The largest absolute Gasteiger partial charge is 0.398 e. The summed E-state index contributed by atoms with van der Waals surface area (Å²) in [5.74, 6) is -0.608. The molecule has 0 aromatic heterocycles. The van der Waals surface area contributed by atoms with Crippen LogP contribution in [0.5, 0.6) is 0 Å². The summed E-state index contributed by atoms with van der Waals surface area (Å²) < 4.78 is 40.0. The molecule has 1 fully saturated rings. The lowest BCUT2D eigenvalue weighted by atomic mass is 9.67. The quantitative estimate of drug-likeness (QED) is 0.816. The Bertz CT molecular complexity index is 562. The lowest BCUT2D eigenvalue weighted by Crippen LogP contribution is -2.41. The molecule has 6 heteroatoms. The maximum atomic E-state index is 13.1. The summed E-state index contributed by atoms with van der Waals surface area (Å²) in [6.07, 6.45) is 4.14. The molecule has 0 unspecified atom stereocenters. The lowest BCUT2D eigenvalue weighted by Gasteiger charge is -2.41. The normalized spacial score (nSPS) is 18.0. The molecule has 0 spiro atoms. The van der Waals surface area contributed by atoms with Gasteiger partial charge in [0.25, 0.3) is 0 Å². The van der Waals surface area contributed by atoms with Crippen molar-refractivity contribution < 1.29 is 12.8 Å². The van der Waals surface area contributed by atoms with Crippen molar-refractivity contribution in [1.82, 2.24) is 4.72 Å². The fraction of sp³-hybridized carbons (Fsp3) is 0.538. The van der Waals surface area contributed by atoms with Crippen molar-refractivity contribution in [3.63, 3.8) is 0 Å². The van der Waals surface area contributed by atoms with E-state index in [0.29, 0.717) is 6.54 Å².